The summed E-state index contributed by atoms with van der Waals surface area (Å²) in [6, 6.07) is 7.28. The van der Waals surface area contributed by atoms with Crippen LogP contribution in [0.2, 0.25) is 5.02 Å². The van der Waals surface area contributed by atoms with Crippen molar-refractivity contribution < 1.29 is 4.74 Å². The second-order valence-corrected chi connectivity index (χ2v) is 5.89. The molecular weight excluding hydrogens is 274 g/mol. The molecule has 1 heterocycles. The fraction of sp³-hybridized carbons (Fsp3) is 0.333. The number of ether oxygens (including phenoxy) is 1. The Morgan fingerprint density at radius 1 is 1.20 bits per heavy atom. The van der Waals surface area contributed by atoms with Gasteiger partial charge in [-0.2, -0.15) is 0 Å². The normalized spacial score (nSPS) is 11.4. The summed E-state index contributed by atoms with van der Waals surface area (Å²) >= 11 is 6.05. The number of aromatic nitrogens is 2. The fourth-order valence-corrected chi connectivity index (χ4v) is 1.69. The molecular formula is C15H18ClN3O. The van der Waals surface area contributed by atoms with Crippen LogP contribution in [0.3, 0.4) is 0 Å². The molecule has 0 saturated carbocycles. The van der Waals surface area contributed by atoms with Gasteiger partial charge in [0.1, 0.15) is 5.75 Å². The summed E-state index contributed by atoms with van der Waals surface area (Å²) < 4.78 is 5.65. The molecule has 106 valence electrons. The molecule has 1 aromatic carbocycles. The zero-order valence-electron chi connectivity index (χ0n) is 11.9. The van der Waals surface area contributed by atoms with Crippen molar-refractivity contribution in [2.45, 2.75) is 32.9 Å². The van der Waals surface area contributed by atoms with E-state index in [0.717, 1.165) is 5.69 Å². The Labute approximate surface area is 124 Å². The van der Waals surface area contributed by atoms with Crippen LogP contribution in [0.15, 0.2) is 36.7 Å². The molecule has 0 spiro atoms. The summed E-state index contributed by atoms with van der Waals surface area (Å²) in [6.07, 6.45) is 3.29. The minimum absolute atomic E-state index is 0.0290. The Bertz CT molecular complexity index is 581. The lowest BCUT2D eigenvalue weighted by molar-refractivity contribution is 0.414. The summed E-state index contributed by atoms with van der Waals surface area (Å²) in [6.45, 7) is 6.94. The molecule has 2 rings (SSSR count). The Morgan fingerprint density at radius 3 is 2.65 bits per heavy atom. The molecule has 0 atom stereocenters. The molecule has 0 amide bonds. The van der Waals surface area contributed by atoms with Crippen LogP contribution >= 0.6 is 11.6 Å². The van der Waals surface area contributed by atoms with Crippen LogP contribution in [0, 0.1) is 0 Å². The van der Waals surface area contributed by atoms with Gasteiger partial charge in [0.05, 0.1) is 16.9 Å². The maximum Gasteiger partial charge on any atom is 0.238 e. The highest BCUT2D eigenvalue weighted by atomic mass is 35.5. The van der Waals surface area contributed by atoms with E-state index in [0.29, 0.717) is 23.2 Å². The topological polar surface area (TPSA) is 47.0 Å². The quantitative estimate of drug-likeness (QED) is 0.930. The first kappa shape index (κ1) is 14.8. The van der Waals surface area contributed by atoms with Crippen molar-refractivity contribution in [2.24, 2.45) is 0 Å². The van der Waals surface area contributed by atoms with Gasteiger partial charge < -0.3 is 10.1 Å². The Morgan fingerprint density at radius 2 is 1.95 bits per heavy atom. The summed E-state index contributed by atoms with van der Waals surface area (Å²) in [5.74, 6) is 1.01. The second-order valence-electron chi connectivity index (χ2n) is 5.48. The van der Waals surface area contributed by atoms with E-state index in [1.807, 2.05) is 12.1 Å². The van der Waals surface area contributed by atoms with Gasteiger partial charge in [0.2, 0.25) is 5.88 Å². The molecule has 0 aliphatic heterocycles. The van der Waals surface area contributed by atoms with E-state index >= 15 is 0 Å². The van der Waals surface area contributed by atoms with Crippen molar-refractivity contribution in [3.63, 3.8) is 0 Å². The monoisotopic (exact) mass is 291 g/mol. The first-order chi connectivity index (χ1) is 9.44. The number of para-hydroxylation sites is 1. The lowest BCUT2D eigenvalue weighted by Crippen LogP contribution is -2.35. The summed E-state index contributed by atoms with van der Waals surface area (Å²) in [5, 5.41) is 3.91. The van der Waals surface area contributed by atoms with Crippen LogP contribution in [0.25, 0.3) is 0 Å². The summed E-state index contributed by atoms with van der Waals surface area (Å²) in [5.41, 5.74) is 0.853. The van der Waals surface area contributed by atoms with E-state index in [4.69, 9.17) is 16.3 Å². The SMILES string of the molecule is CC(C)(C)NCc1cncc(Oc2ccccc2Cl)n1. The zero-order valence-corrected chi connectivity index (χ0v) is 12.6. The van der Waals surface area contributed by atoms with Crippen LogP contribution in [0.5, 0.6) is 11.6 Å². The minimum Gasteiger partial charge on any atom is -0.436 e. The number of hydrogen-bond acceptors (Lipinski definition) is 4. The molecule has 0 aliphatic rings. The average molecular weight is 292 g/mol. The van der Waals surface area contributed by atoms with Crippen molar-refractivity contribution in [3.05, 3.63) is 47.4 Å². The first-order valence-electron chi connectivity index (χ1n) is 6.42. The summed E-state index contributed by atoms with van der Waals surface area (Å²) in [4.78, 5) is 8.55. The number of benzene rings is 1. The maximum absolute atomic E-state index is 6.05. The number of halogens is 1. The smallest absolute Gasteiger partial charge is 0.238 e. The predicted molar refractivity (Wildman–Crippen MR) is 80.2 cm³/mol. The third-order valence-corrected chi connectivity index (χ3v) is 2.83. The highest BCUT2D eigenvalue weighted by Crippen LogP contribution is 2.27. The first-order valence-corrected chi connectivity index (χ1v) is 6.80. The molecule has 0 radical (unpaired) electrons. The third-order valence-electron chi connectivity index (χ3n) is 2.51. The van der Waals surface area contributed by atoms with Gasteiger partial charge in [0, 0.05) is 18.3 Å². The van der Waals surface area contributed by atoms with E-state index in [1.54, 1.807) is 24.5 Å². The van der Waals surface area contributed by atoms with Gasteiger partial charge in [-0.3, -0.25) is 4.98 Å². The van der Waals surface area contributed by atoms with Gasteiger partial charge in [-0.25, -0.2) is 4.98 Å². The van der Waals surface area contributed by atoms with E-state index in [1.165, 1.54) is 0 Å². The number of hydrogen-bond donors (Lipinski definition) is 1. The van der Waals surface area contributed by atoms with Crippen molar-refractivity contribution in [2.75, 3.05) is 0 Å². The van der Waals surface area contributed by atoms with Crippen LogP contribution in [0.4, 0.5) is 0 Å². The van der Waals surface area contributed by atoms with E-state index < -0.39 is 0 Å². The van der Waals surface area contributed by atoms with Gasteiger partial charge in [-0.1, -0.05) is 23.7 Å². The average Bonchev–Trinajstić information content (AvgIpc) is 2.39. The van der Waals surface area contributed by atoms with Crippen molar-refractivity contribution >= 4 is 11.6 Å². The molecule has 2 aromatic rings. The molecule has 0 saturated heterocycles. The van der Waals surface area contributed by atoms with Gasteiger partial charge >= 0.3 is 0 Å². The van der Waals surface area contributed by atoms with Crippen molar-refractivity contribution in [1.29, 1.82) is 0 Å². The zero-order chi connectivity index (χ0) is 14.6. The largest absolute Gasteiger partial charge is 0.436 e. The predicted octanol–water partition coefficient (Wildman–Crippen LogP) is 3.81. The van der Waals surface area contributed by atoms with E-state index in [-0.39, 0.29) is 5.54 Å². The second kappa shape index (κ2) is 6.20. The lowest BCUT2D eigenvalue weighted by atomic mass is 10.1. The molecule has 20 heavy (non-hydrogen) atoms. The molecule has 0 unspecified atom stereocenters. The van der Waals surface area contributed by atoms with E-state index in [2.05, 4.69) is 36.1 Å². The standard InChI is InChI=1S/C15H18ClN3O/c1-15(2,3)18-9-11-8-17-10-14(19-11)20-13-7-5-4-6-12(13)16/h4-8,10,18H,9H2,1-3H3. The van der Waals surface area contributed by atoms with Crippen LogP contribution in [-0.2, 0) is 6.54 Å². The fourth-order valence-electron chi connectivity index (χ4n) is 1.52. The Hall–Kier alpha value is -1.65. The Kier molecular flexibility index (Phi) is 4.57. The molecule has 0 bridgehead atoms. The minimum atomic E-state index is 0.0290. The van der Waals surface area contributed by atoms with Gasteiger partial charge in [-0.05, 0) is 32.9 Å². The maximum atomic E-state index is 6.05. The summed E-state index contributed by atoms with van der Waals surface area (Å²) in [7, 11) is 0. The van der Waals surface area contributed by atoms with Crippen molar-refractivity contribution in [1.82, 2.24) is 15.3 Å². The molecule has 4 nitrogen and oxygen atoms in total. The van der Waals surface area contributed by atoms with Crippen LogP contribution in [-0.4, -0.2) is 15.5 Å². The molecule has 5 heteroatoms. The van der Waals surface area contributed by atoms with Crippen LogP contribution < -0.4 is 10.1 Å². The number of nitrogens with zero attached hydrogens (tertiary/aromatic N) is 2. The van der Waals surface area contributed by atoms with Crippen LogP contribution in [0.1, 0.15) is 26.5 Å². The lowest BCUT2D eigenvalue weighted by Gasteiger charge is -2.20. The van der Waals surface area contributed by atoms with Gasteiger partial charge in [0.25, 0.3) is 0 Å². The molecule has 0 fully saturated rings. The highest BCUT2D eigenvalue weighted by Gasteiger charge is 2.10. The Balaban J connectivity index is 2.08. The highest BCUT2D eigenvalue weighted by molar-refractivity contribution is 6.32. The third kappa shape index (κ3) is 4.47. The molecule has 1 N–H and O–H groups in total. The number of rotatable bonds is 4. The van der Waals surface area contributed by atoms with Gasteiger partial charge in [-0.15, -0.1) is 0 Å². The number of nitrogens with one attached hydrogen (secondary N) is 1. The molecule has 0 aliphatic carbocycles. The van der Waals surface area contributed by atoms with E-state index in [9.17, 15) is 0 Å². The van der Waals surface area contributed by atoms with Gasteiger partial charge in [0.15, 0.2) is 0 Å². The molecule has 1 aromatic heterocycles. The van der Waals surface area contributed by atoms with Crippen molar-refractivity contribution in [3.8, 4) is 11.6 Å².